The molecule has 1 heterocycles. The van der Waals surface area contributed by atoms with Crippen molar-refractivity contribution in [3.63, 3.8) is 0 Å². The van der Waals surface area contributed by atoms with Crippen molar-refractivity contribution in [2.45, 2.75) is 0 Å². The number of carbonyl (C=O) groups is 1. The van der Waals surface area contributed by atoms with E-state index in [1.165, 1.54) is 6.07 Å². The van der Waals surface area contributed by atoms with Gasteiger partial charge in [0.05, 0.1) is 5.88 Å². The van der Waals surface area contributed by atoms with Gasteiger partial charge >= 0.3 is 5.97 Å². The van der Waals surface area contributed by atoms with E-state index in [0.717, 1.165) is 10.9 Å². The first-order valence-corrected chi connectivity index (χ1v) is 5.06. The van der Waals surface area contributed by atoms with Crippen molar-refractivity contribution in [2.75, 3.05) is 5.88 Å². The number of hydrogen-bond acceptors (Lipinski definition) is 2. The molecule has 0 aliphatic heterocycles. The minimum atomic E-state index is -1.08. The molecule has 16 heavy (non-hydrogen) atoms. The lowest BCUT2D eigenvalue weighted by Gasteiger charge is -1.89. The molecule has 4 heteroatoms. The Morgan fingerprint density at radius 1 is 1.44 bits per heavy atom. The standard InChI is InChI=1S/C12H7ClO3/c13-5-1-2-8-3-4-10-9(6-8)7-11(16-10)12(14)15/h3-4,6-7H,5H2,(H,14,15). The van der Waals surface area contributed by atoms with Crippen molar-refractivity contribution >= 4 is 28.5 Å². The molecule has 3 nitrogen and oxygen atoms in total. The van der Waals surface area contributed by atoms with Crippen LogP contribution in [0.3, 0.4) is 0 Å². The van der Waals surface area contributed by atoms with Crippen LogP contribution in [0, 0.1) is 11.8 Å². The van der Waals surface area contributed by atoms with Crippen molar-refractivity contribution in [1.29, 1.82) is 0 Å². The summed E-state index contributed by atoms with van der Waals surface area (Å²) in [6.07, 6.45) is 0. The molecule has 1 aromatic carbocycles. The lowest BCUT2D eigenvalue weighted by molar-refractivity contribution is 0.0665. The van der Waals surface area contributed by atoms with Gasteiger partial charge in [-0.2, -0.15) is 0 Å². The summed E-state index contributed by atoms with van der Waals surface area (Å²) in [5.74, 6) is 4.70. The van der Waals surface area contributed by atoms with Gasteiger partial charge in [-0.25, -0.2) is 4.79 Å². The number of hydrogen-bond donors (Lipinski definition) is 1. The molecule has 0 amide bonds. The van der Waals surface area contributed by atoms with Gasteiger partial charge in [0.15, 0.2) is 0 Å². The van der Waals surface area contributed by atoms with E-state index in [-0.39, 0.29) is 11.6 Å². The molecule has 0 saturated carbocycles. The molecule has 2 aromatic rings. The van der Waals surface area contributed by atoms with Crippen LogP contribution >= 0.6 is 11.6 Å². The topological polar surface area (TPSA) is 50.4 Å². The van der Waals surface area contributed by atoms with Crippen LogP contribution in [0.15, 0.2) is 28.7 Å². The van der Waals surface area contributed by atoms with E-state index < -0.39 is 5.97 Å². The van der Waals surface area contributed by atoms with Gasteiger partial charge in [0.2, 0.25) is 5.76 Å². The molecule has 0 aliphatic rings. The van der Waals surface area contributed by atoms with Crippen LogP contribution in [0.2, 0.25) is 0 Å². The first-order valence-electron chi connectivity index (χ1n) is 4.52. The molecular formula is C12H7ClO3. The Morgan fingerprint density at radius 3 is 2.94 bits per heavy atom. The number of aromatic carboxylic acids is 1. The predicted octanol–water partition coefficient (Wildman–Crippen LogP) is 2.72. The number of carboxylic acid groups (broad SMARTS) is 1. The molecular weight excluding hydrogens is 228 g/mol. The summed E-state index contributed by atoms with van der Waals surface area (Å²) in [6, 6.07) is 6.70. The first-order chi connectivity index (χ1) is 7.70. The third kappa shape index (κ3) is 2.02. The fraction of sp³-hybridized carbons (Fsp3) is 0.0833. The molecule has 0 fully saturated rings. The molecule has 1 aromatic heterocycles. The zero-order valence-corrected chi connectivity index (χ0v) is 8.91. The second-order valence-corrected chi connectivity index (χ2v) is 3.37. The van der Waals surface area contributed by atoms with Crippen LogP contribution in [-0.2, 0) is 0 Å². The average Bonchev–Trinajstić information content (AvgIpc) is 2.69. The van der Waals surface area contributed by atoms with E-state index in [1.807, 2.05) is 0 Å². The maximum absolute atomic E-state index is 10.7. The quantitative estimate of drug-likeness (QED) is 0.610. The number of alkyl halides is 1. The summed E-state index contributed by atoms with van der Waals surface area (Å²) >= 11 is 5.45. The first kappa shape index (κ1) is 10.6. The van der Waals surface area contributed by atoms with Crippen LogP contribution in [0.5, 0.6) is 0 Å². The normalized spacial score (nSPS) is 9.81. The Labute approximate surface area is 96.6 Å². The van der Waals surface area contributed by atoms with Gasteiger partial charge in [0.25, 0.3) is 0 Å². The monoisotopic (exact) mass is 234 g/mol. The van der Waals surface area contributed by atoms with Gasteiger partial charge in [0.1, 0.15) is 5.58 Å². The maximum Gasteiger partial charge on any atom is 0.371 e. The fourth-order valence-corrected chi connectivity index (χ4v) is 1.43. The summed E-state index contributed by atoms with van der Waals surface area (Å²) in [4.78, 5) is 10.7. The smallest absolute Gasteiger partial charge is 0.371 e. The molecule has 0 unspecified atom stereocenters. The van der Waals surface area contributed by atoms with E-state index in [9.17, 15) is 4.79 Å². The van der Waals surface area contributed by atoms with Crippen molar-refractivity contribution in [3.05, 3.63) is 35.6 Å². The summed E-state index contributed by atoms with van der Waals surface area (Å²) in [5, 5.41) is 9.48. The van der Waals surface area contributed by atoms with Crippen molar-refractivity contribution in [2.24, 2.45) is 0 Å². The highest BCUT2D eigenvalue weighted by molar-refractivity contribution is 6.19. The lowest BCUT2D eigenvalue weighted by atomic mass is 10.1. The van der Waals surface area contributed by atoms with Gasteiger partial charge in [-0.05, 0) is 24.3 Å². The van der Waals surface area contributed by atoms with Gasteiger partial charge in [-0.1, -0.05) is 11.8 Å². The fourth-order valence-electron chi connectivity index (χ4n) is 1.36. The largest absolute Gasteiger partial charge is 0.475 e. The molecule has 0 atom stereocenters. The van der Waals surface area contributed by atoms with Crippen LogP contribution < -0.4 is 0 Å². The number of carboxylic acids is 1. The highest BCUT2D eigenvalue weighted by Gasteiger charge is 2.09. The van der Waals surface area contributed by atoms with E-state index in [1.54, 1.807) is 18.2 Å². The highest BCUT2D eigenvalue weighted by atomic mass is 35.5. The summed E-state index contributed by atoms with van der Waals surface area (Å²) in [6.45, 7) is 0. The Kier molecular flexibility index (Phi) is 2.84. The van der Waals surface area contributed by atoms with Gasteiger partial charge in [-0.3, -0.25) is 0 Å². The number of rotatable bonds is 1. The minimum absolute atomic E-state index is 0.0718. The van der Waals surface area contributed by atoms with Gasteiger partial charge in [-0.15, -0.1) is 11.6 Å². The van der Waals surface area contributed by atoms with Crippen LogP contribution in [-0.4, -0.2) is 17.0 Å². The third-order valence-electron chi connectivity index (χ3n) is 2.03. The van der Waals surface area contributed by atoms with Crippen LogP contribution in [0.4, 0.5) is 0 Å². The Balaban J connectivity index is 2.49. The van der Waals surface area contributed by atoms with Gasteiger partial charge < -0.3 is 9.52 Å². The van der Waals surface area contributed by atoms with Crippen molar-refractivity contribution < 1.29 is 14.3 Å². The summed E-state index contributed by atoms with van der Waals surface area (Å²) in [7, 11) is 0. The highest BCUT2D eigenvalue weighted by Crippen LogP contribution is 2.20. The molecule has 1 N–H and O–H groups in total. The predicted molar refractivity (Wildman–Crippen MR) is 60.8 cm³/mol. The molecule has 0 radical (unpaired) electrons. The molecule has 0 saturated heterocycles. The van der Waals surface area contributed by atoms with E-state index in [2.05, 4.69) is 11.8 Å². The second-order valence-electron chi connectivity index (χ2n) is 3.10. The van der Waals surface area contributed by atoms with Crippen LogP contribution in [0.1, 0.15) is 16.1 Å². The number of benzene rings is 1. The number of fused-ring (bicyclic) bond motifs is 1. The average molecular weight is 235 g/mol. The van der Waals surface area contributed by atoms with Crippen LogP contribution in [0.25, 0.3) is 11.0 Å². The maximum atomic E-state index is 10.7. The zero-order valence-electron chi connectivity index (χ0n) is 8.16. The van der Waals surface area contributed by atoms with Gasteiger partial charge in [0, 0.05) is 10.9 Å². The minimum Gasteiger partial charge on any atom is -0.475 e. The summed E-state index contributed by atoms with van der Waals surface area (Å²) < 4.78 is 5.12. The molecule has 0 bridgehead atoms. The van der Waals surface area contributed by atoms with Crippen molar-refractivity contribution in [1.82, 2.24) is 0 Å². The Morgan fingerprint density at radius 2 is 2.25 bits per heavy atom. The lowest BCUT2D eigenvalue weighted by Crippen LogP contribution is -1.91. The van der Waals surface area contributed by atoms with Crippen molar-refractivity contribution in [3.8, 4) is 11.8 Å². The molecule has 2 rings (SSSR count). The van der Waals surface area contributed by atoms with E-state index >= 15 is 0 Å². The number of halogens is 1. The Bertz CT molecular complexity index is 601. The molecule has 0 spiro atoms. The summed E-state index contributed by atoms with van der Waals surface area (Å²) in [5.41, 5.74) is 1.32. The Hall–Kier alpha value is -1.92. The van der Waals surface area contributed by atoms with E-state index in [0.29, 0.717) is 5.58 Å². The molecule has 0 aliphatic carbocycles. The second kappa shape index (κ2) is 4.30. The zero-order chi connectivity index (χ0) is 11.5. The third-order valence-corrected chi connectivity index (χ3v) is 2.16. The van der Waals surface area contributed by atoms with E-state index in [4.69, 9.17) is 21.1 Å². The SMILES string of the molecule is O=C(O)c1cc2cc(C#CCCl)ccc2o1. The molecule has 80 valence electrons. The number of furan rings is 1.